The predicted octanol–water partition coefficient (Wildman–Crippen LogP) is 3.14. The van der Waals surface area contributed by atoms with E-state index in [1.807, 2.05) is 6.07 Å². The summed E-state index contributed by atoms with van der Waals surface area (Å²) >= 11 is 0. The van der Waals surface area contributed by atoms with Crippen molar-refractivity contribution in [3.63, 3.8) is 0 Å². The Morgan fingerprint density at radius 1 is 1.52 bits per heavy atom. The first-order valence-electron chi connectivity index (χ1n) is 6.90. The third-order valence-corrected chi connectivity index (χ3v) is 3.63. The van der Waals surface area contributed by atoms with Crippen LogP contribution in [-0.4, -0.2) is 36.9 Å². The summed E-state index contributed by atoms with van der Waals surface area (Å²) in [6.07, 6.45) is 1.94. The van der Waals surface area contributed by atoms with Crippen LogP contribution in [0.2, 0.25) is 0 Å². The fourth-order valence-electron chi connectivity index (χ4n) is 2.49. The lowest BCUT2D eigenvalue weighted by Crippen LogP contribution is -2.46. The molecule has 0 radical (unpaired) electrons. The number of ether oxygens (including phenoxy) is 1. The highest BCUT2D eigenvalue weighted by Crippen LogP contribution is 2.28. The van der Waals surface area contributed by atoms with Gasteiger partial charge in [0.15, 0.2) is 0 Å². The van der Waals surface area contributed by atoms with Crippen LogP contribution in [0.1, 0.15) is 24.0 Å². The molecule has 1 aromatic rings. The van der Waals surface area contributed by atoms with Crippen molar-refractivity contribution in [1.82, 2.24) is 4.90 Å². The molecule has 0 atom stereocenters. The highest BCUT2D eigenvalue weighted by atomic mass is 19.3. The van der Waals surface area contributed by atoms with E-state index in [0.29, 0.717) is 24.3 Å². The lowest BCUT2D eigenvalue weighted by Gasteiger charge is -2.32. The van der Waals surface area contributed by atoms with Crippen molar-refractivity contribution >= 4 is 12.0 Å². The van der Waals surface area contributed by atoms with Crippen molar-refractivity contribution in [3.05, 3.63) is 35.9 Å². The lowest BCUT2D eigenvalue weighted by atomic mass is 10.0. The van der Waals surface area contributed by atoms with Crippen molar-refractivity contribution in [2.45, 2.75) is 25.2 Å². The molecule has 0 aromatic heterocycles. The highest BCUT2D eigenvalue weighted by molar-refractivity contribution is 5.80. The van der Waals surface area contributed by atoms with Gasteiger partial charge in [-0.15, -0.1) is 0 Å². The second-order valence-electron chi connectivity index (χ2n) is 5.23. The quantitative estimate of drug-likeness (QED) is 0.854. The molecule has 21 heavy (non-hydrogen) atoms. The van der Waals surface area contributed by atoms with Gasteiger partial charge in [0.05, 0.1) is 20.1 Å². The minimum absolute atomic E-state index is 0.0661. The second-order valence-corrected chi connectivity index (χ2v) is 5.23. The zero-order valence-corrected chi connectivity index (χ0v) is 12.1. The molecular weight excluding hydrogens is 276 g/mol. The summed E-state index contributed by atoms with van der Waals surface area (Å²) in [5.41, 5.74) is 1.58. The summed E-state index contributed by atoms with van der Waals surface area (Å²) in [5.74, 6) is -2.49. The van der Waals surface area contributed by atoms with Gasteiger partial charge < -0.3 is 9.64 Å². The van der Waals surface area contributed by atoms with Crippen LogP contribution in [0.15, 0.2) is 24.8 Å². The van der Waals surface area contributed by atoms with Gasteiger partial charge in [-0.2, -0.15) is 0 Å². The van der Waals surface area contributed by atoms with Gasteiger partial charge in [-0.25, -0.2) is 8.78 Å². The van der Waals surface area contributed by atoms with E-state index in [1.54, 1.807) is 18.2 Å². The van der Waals surface area contributed by atoms with Crippen LogP contribution in [0.25, 0.3) is 6.08 Å². The Kier molecular flexibility index (Phi) is 4.60. The molecule has 1 heterocycles. The van der Waals surface area contributed by atoms with E-state index in [9.17, 15) is 13.6 Å². The van der Waals surface area contributed by atoms with Crippen molar-refractivity contribution in [2.75, 3.05) is 20.2 Å². The first-order valence-corrected chi connectivity index (χ1v) is 6.90. The van der Waals surface area contributed by atoms with E-state index in [2.05, 4.69) is 6.58 Å². The van der Waals surface area contributed by atoms with E-state index in [0.717, 1.165) is 5.56 Å². The molecule has 1 amide bonds. The van der Waals surface area contributed by atoms with Crippen LogP contribution in [-0.2, 0) is 11.2 Å². The largest absolute Gasteiger partial charge is 0.496 e. The van der Waals surface area contributed by atoms with Crippen molar-refractivity contribution in [3.8, 4) is 5.75 Å². The average molecular weight is 295 g/mol. The number of piperidine rings is 1. The van der Waals surface area contributed by atoms with Gasteiger partial charge in [0.1, 0.15) is 5.75 Å². The van der Waals surface area contributed by atoms with Crippen molar-refractivity contribution in [2.24, 2.45) is 0 Å². The molecule has 114 valence electrons. The Morgan fingerprint density at radius 3 is 2.90 bits per heavy atom. The monoisotopic (exact) mass is 295 g/mol. The number of nitrogens with zero attached hydrogens (tertiary/aromatic N) is 1. The molecule has 0 N–H and O–H groups in total. The molecule has 1 aromatic carbocycles. The first kappa shape index (κ1) is 15.5. The first-order chi connectivity index (χ1) is 9.95. The number of likely N-dealkylation sites (tertiary alicyclic amines) is 1. The number of carbonyl (C=O) groups excluding carboxylic acids is 1. The molecule has 1 aliphatic rings. The SMILES string of the molecule is C=Cc1ccc(CC(=O)N2CCCC(F)(F)C2)c(OC)c1. The molecule has 3 nitrogen and oxygen atoms in total. The van der Waals surface area contributed by atoms with E-state index >= 15 is 0 Å². The molecule has 0 unspecified atom stereocenters. The maximum absolute atomic E-state index is 13.4. The number of rotatable bonds is 4. The summed E-state index contributed by atoms with van der Waals surface area (Å²) in [6, 6.07) is 5.37. The van der Waals surface area contributed by atoms with Crippen LogP contribution in [0.5, 0.6) is 5.75 Å². The van der Waals surface area contributed by atoms with Crippen molar-refractivity contribution in [1.29, 1.82) is 0 Å². The number of carbonyl (C=O) groups is 1. The van der Waals surface area contributed by atoms with Gasteiger partial charge in [-0.05, 0) is 18.1 Å². The second kappa shape index (κ2) is 6.24. The molecule has 1 saturated heterocycles. The third-order valence-electron chi connectivity index (χ3n) is 3.63. The molecule has 0 bridgehead atoms. The number of hydrogen-bond acceptors (Lipinski definition) is 2. The molecular formula is C16H19F2NO2. The lowest BCUT2D eigenvalue weighted by molar-refractivity contribution is -0.140. The Hall–Kier alpha value is -1.91. The van der Waals surface area contributed by atoms with Crippen LogP contribution in [0.3, 0.4) is 0 Å². The number of halogens is 2. The standard InChI is InChI=1S/C16H19F2NO2/c1-3-12-5-6-13(14(9-12)21-2)10-15(20)19-8-4-7-16(17,18)11-19/h3,5-6,9H,1,4,7-8,10-11H2,2H3. The predicted molar refractivity (Wildman–Crippen MR) is 77.6 cm³/mol. The number of amides is 1. The Morgan fingerprint density at radius 2 is 2.29 bits per heavy atom. The van der Waals surface area contributed by atoms with Gasteiger partial charge in [-0.3, -0.25) is 4.79 Å². The number of alkyl halides is 2. The summed E-state index contributed by atoms with van der Waals surface area (Å²) in [5, 5.41) is 0. The highest BCUT2D eigenvalue weighted by Gasteiger charge is 2.37. The molecule has 5 heteroatoms. The minimum Gasteiger partial charge on any atom is -0.496 e. The average Bonchev–Trinajstić information content (AvgIpc) is 2.46. The Bertz CT molecular complexity index is 543. The van der Waals surface area contributed by atoms with Gasteiger partial charge in [0, 0.05) is 18.5 Å². The summed E-state index contributed by atoms with van der Waals surface area (Å²) in [7, 11) is 1.52. The summed E-state index contributed by atoms with van der Waals surface area (Å²) in [6.45, 7) is 3.58. The van der Waals surface area contributed by atoms with Gasteiger partial charge in [0.25, 0.3) is 5.92 Å². The minimum atomic E-state index is -2.77. The van der Waals surface area contributed by atoms with E-state index < -0.39 is 12.5 Å². The summed E-state index contributed by atoms with van der Waals surface area (Å²) in [4.78, 5) is 13.4. The molecule has 0 spiro atoms. The molecule has 2 rings (SSSR count). The van der Waals surface area contributed by atoms with Crippen LogP contribution in [0.4, 0.5) is 8.78 Å². The molecule has 0 aliphatic carbocycles. The fourth-order valence-corrected chi connectivity index (χ4v) is 2.49. The maximum Gasteiger partial charge on any atom is 0.265 e. The third kappa shape index (κ3) is 3.80. The van der Waals surface area contributed by atoms with Crippen LogP contribution in [0, 0.1) is 0 Å². The van der Waals surface area contributed by atoms with Gasteiger partial charge in [0.2, 0.25) is 5.91 Å². The maximum atomic E-state index is 13.4. The fraction of sp³-hybridized carbons (Fsp3) is 0.438. The van der Waals surface area contributed by atoms with Gasteiger partial charge in [-0.1, -0.05) is 24.8 Å². The normalized spacial score (nSPS) is 17.4. The topological polar surface area (TPSA) is 29.5 Å². The Balaban J connectivity index is 2.10. The van der Waals surface area contributed by atoms with E-state index in [-0.39, 0.29) is 18.7 Å². The number of benzene rings is 1. The Labute approximate surface area is 123 Å². The van der Waals surface area contributed by atoms with Gasteiger partial charge >= 0.3 is 0 Å². The zero-order chi connectivity index (χ0) is 15.5. The van der Waals surface area contributed by atoms with E-state index in [4.69, 9.17) is 4.74 Å². The van der Waals surface area contributed by atoms with E-state index in [1.165, 1.54) is 12.0 Å². The number of hydrogen-bond donors (Lipinski definition) is 0. The zero-order valence-electron chi connectivity index (χ0n) is 12.1. The smallest absolute Gasteiger partial charge is 0.265 e. The van der Waals surface area contributed by atoms with Crippen LogP contribution >= 0.6 is 0 Å². The van der Waals surface area contributed by atoms with Crippen LogP contribution < -0.4 is 4.74 Å². The van der Waals surface area contributed by atoms with Crippen molar-refractivity contribution < 1.29 is 18.3 Å². The number of methoxy groups -OCH3 is 1. The molecule has 0 saturated carbocycles. The summed E-state index contributed by atoms with van der Waals surface area (Å²) < 4.78 is 32.0. The molecule has 1 aliphatic heterocycles. The molecule has 1 fully saturated rings.